The van der Waals surface area contributed by atoms with Gasteiger partial charge in [-0.25, -0.2) is 9.59 Å². The molecule has 0 unspecified atom stereocenters. The van der Waals surface area contributed by atoms with Crippen LogP contribution >= 0.6 is 0 Å². The van der Waals surface area contributed by atoms with Gasteiger partial charge in [0, 0.05) is 30.5 Å². The van der Waals surface area contributed by atoms with E-state index in [-0.39, 0.29) is 30.8 Å². The standard InChI is InChI=1S/C31H34N6O6/c1-21(2)16-17-37(25-14-7-8-15-26(25)42-20-28(39)36(3)24-12-5-4-6-13-24)27(38)19-32-30(40)33-23-11-9-10-22(18-23)29-34-31(41)43-35-29/h4-15,18,21H,16-17,19-20H2,1-3H3,(H2,32,33,40)(H,34,35,41). The SMILES string of the molecule is CC(C)CCN(C(=O)CNC(=O)Nc1cccc(-c2noc(=O)[nH]2)c1)c1ccccc1OCC(=O)N(C)c1ccccc1. The third kappa shape index (κ3) is 8.55. The minimum Gasteiger partial charge on any atom is -0.482 e. The number of carbonyl (C=O) groups excluding carboxylic acids is 3. The molecule has 3 N–H and O–H groups in total. The molecule has 12 nitrogen and oxygen atoms in total. The molecule has 0 radical (unpaired) electrons. The number of urea groups is 1. The minimum absolute atomic E-state index is 0.222. The number of hydrogen-bond acceptors (Lipinski definition) is 7. The normalized spacial score (nSPS) is 10.7. The summed E-state index contributed by atoms with van der Waals surface area (Å²) in [5.41, 5.74) is 2.19. The largest absolute Gasteiger partial charge is 0.482 e. The van der Waals surface area contributed by atoms with E-state index < -0.39 is 11.8 Å². The van der Waals surface area contributed by atoms with Crippen LogP contribution in [0.2, 0.25) is 0 Å². The third-order valence-electron chi connectivity index (χ3n) is 6.49. The van der Waals surface area contributed by atoms with Gasteiger partial charge in [0.25, 0.3) is 5.91 Å². The van der Waals surface area contributed by atoms with Crippen molar-refractivity contribution in [1.29, 1.82) is 0 Å². The summed E-state index contributed by atoms with van der Waals surface area (Å²) in [5, 5.41) is 8.92. The number of likely N-dealkylation sites (N-methyl/N-ethyl adjacent to an activating group) is 1. The summed E-state index contributed by atoms with van der Waals surface area (Å²) in [5.74, 6) is -0.384. The highest BCUT2D eigenvalue weighted by Gasteiger charge is 2.21. The Morgan fingerprint density at radius 3 is 2.44 bits per heavy atom. The highest BCUT2D eigenvalue weighted by Crippen LogP contribution is 2.29. The number of hydrogen-bond donors (Lipinski definition) is 3. The average molecular weight is 587 g/mol. The lowest BCUT2D eigenvalue weighted by Gasteiger charge is -2.26. The summed E-state index contributed by atoms with van der Waals surface area (Å²) in [7, 11) is 1.67. The first-order chi connectivity index (χ1) is 20.7. The number of benzene rings is 3. The summed E-state index contributed by atoms with van der Waals surface area (Å²) in [6.45, 7) is 3.98. The number of ether oxygens (including phenoxy) is 1. The highest BCUT2D eigenvalue weighted by atomic mass is 16.5. The van der Waals surface area contributed by atoms with Crippen molar-refractivity contribution in [2.75, 3.05) is 41.9 Å². The Morgan fingerprint density at radius 1 is 0.977 bits per heavy atom. The van der Waals surface area contributed by atoms with Crippen LogP contribution in [0.15, 0.2) is 88.2 Å². The summed E-state index contributed by atoms with van der Waals surface area (Å²) in [4.78, 5) is 55.7. The fourth-order valence-electron chi connectivity index (χ4n) is 4.13. The van der Waals surface area contributed by atoms with Gasteiger partial charge >= 0.3 is 11.8 Å². The Morgan fingerprint density at radius 2 is 1.72 bits per heavy atom. The molecule has 0 atom stereocenters. The van der Waals surface area contributed by atoms with Crippen LogP contribution in [0, 0.1) is 5.92 Å². The number of aromatic nitrogens is 2. The predicted octanol–water partition coefficient (Wildman–Crippen LogP) is 4.27. The minimum atomic E-state index is -0.690. The smallest absolute Gasteiger partial charge is 0.439 e. The molecule has 0 aliphatic rings. The average Bonchev–Trinajstić information content (AvgIpc) is 3.45. The summed E-state index contributed by atoms with van der Waals surface area (Å²) >= 11 is 0. The van der Waals surface area contributed by atoms with Crippen LogP contribution in [-0.2, 0) is 9.59 Å². The van der Waals surface area contributed by atoms with Crippen LogP contribution in [0.25, 0.3) is 11.4 Å². The van der Waals surface area contributed by atoms with Gasteiger partial charge in [0.1, 0.15) is 5.75 Å². The second kappa shape index (κ2) is 14.5. The number of rotatable bonds is 12. The number of amides is 4. The summed E-state index contributed by atoms with van der Waals surface area (Å²) < 4.78 is 10.4. The molecular weight excluding hydrogens is 552 g/mol. The van der Waals surface area contributed by atoms with Crippen LogP contribution in [0.4, 0.5) is 21.9 Å². The molecular formula is C31H34N6O6. The molecule has 0 fully saturated rings. The molecule has 43 heavy (non-hydrogen) atoms. The quantitative estimate of drug-likeness (QED) is 0.224. The molecule has 4 aromatic rings. The van der Waals surface area contributed by atoms with Gasteiger partial charge in [-0.1, -0.05) is 61.5 Å². The fraction of sp³-hybridized carbons (Fsp3) is 0.258. The predicted molar refractivity (Wildman–Crippen MR) is 163 cm³/mol. The molecule has 0 bridgehead atoms. The molecule has 3 aromatic carbocycles. The molecule has 4 rings (SSSR count). The van der Waals surface area contributed by atoms with E-state index in [9.17, 15) is 19.2 Å². The van der Waals surface area contributed by atoms with Gasteiger partial charge in [-0.3, -0.25) is 19.1 Å². The van der Waals surface area contributed by atoms with Crippen LogP contribution < -0.4 is 30.9 Å². The monoisotopic (exact) mass is 586 g/mol. The molecule has 0 aliphatic carbocycles. The summed E-state index contributed by atoms with van der Waals surface area (Å²) in [6, 6.07) is 22.3. The van der Waals surface area contributed by atoms with Gasteiger partial charge in [0.05, 0.1) is 12.2 Å². The molecule has 0 spiro atoms. The molecule has 0 aliphatic heterocycles. The Bertz CT molecular complexity index is 1600. The van der Waals surface area contributed by atoms with E-state index in [0.29, 0.717) is 41.6 Å². The Balaban J connectivity index is 1.41. The zero-order valence-corrected chi connectivity index (χ0v) is 24.2. The molecule has 4 amide bonds. The Labute approximate surface area is 248 Å². The Kier molecular flexibility index (Phi) is 10.3. The van der Waals surface area contributed by atoms with Crippen molar-refractivity contribution in [3.05, 3.63) is 89.4 Å². The Hall–Kier alpha value is -5.39. The van der Waals surface area contributed by atoms with Gasteiger partial charge in [-0.05, 0) is 48.7 Å². The van der Waals surface area contributed by atoms with Crippen molar-refractivity contribution >= 4 is 34.9 Å². The van der Waals surface area contributed by atoms with E-state index in [1.54, 1.807) is 60.5 Å². The van der Waals surface area contributed by atoms with Crippen molar-refractivity contribution < 1.29 is 23.6 Å². The number of H-pyrrole nitrogens is 1. The van der Waals surface area contributed by atoms with Gasteiger partial charge in [-0.2, -0.15) is 0 Å². The molecule has 0 saturated heterocycles. The first kappa shape index (κ1) is 30.6. The van der Waals surface area contributed by atoms with Crippen LogP contribution in [0.1, 0.15) is 20.3 Å². The lowest BCUT2D eigenvalue weighted by atomic mass is 10.1. The number of carbonyl (C=O) groups is 3. The molecule has 12 heteroatoms. The molecule has 1 heterocycles. The van der Waals surface area contributed by atoms with Crippen LogP contribution in [-0.4, -0.2) is 54.7 Å². The van der Waals surface area contributed by atoms with Gasteiger partial charge in [-0.15, -0.1) is 0 Å². The maximum Gasteiger partial charge on any atom is 0.439 e. The lowest BCUT2D eigenvalue weighted by Crippen LogP contribution is -2.42. The topological polar surface area (TPSA) is 150 Å². The highest BCUT2D eigenvalue weighted by molar-refractivity contribution is 6.00. The van der Waals surface area contributed by atoms with Crippen molar-refractivity contribution in [2.24, 2.45) is 5.92 Å². The number of nitrogens with zero attached hydrogens (tertiary/aromatic N) is 3. The second-order valence-corrected chi connectivity index (χ2v) is 10.1. The van der Waals surface area contributed by atoms with Gasteiger partial charge in [0.15, 0.2) is 12.4 Å². The van der Waals surface area contributed by atoms with Crippen LogP contribution in [0.5, 0.6) is 5.75 Å². The first-order valence-electron chi connectivity index (χ1n) is 13.8. The summed E-state index contributed by atoms with van der Waals surface area (Å²) in [6.07, 6.45) is 0.707. The second-order valence-electron chi connectivity index (χ2n) is 10.1. The number of para-hydroxylation sites is 3. The number of nitrogens with one attached hydrogen (secondary N) is 3. The zero-order valence-electron chi connectivity index (χ0n) is 24.2. The fourth-order valence-corrected chi connectivity index (χ4v) is 4.13. The van der Waals surface area contributed by atoms with Crippen molar-refractivity contribution in [3.8, 4) is 17.1 Å². The van der Waals surface area contributed by atoms with E-state index in [0.717, 1.165) is 5.69 Å². The first-order valence-corrected chi connectivity index (χ1v) is 13.8. The van der Waals surface area contributed by atoms with Crippen LogP contribution in [0.3, 0.4) is 0 Å². The van der Waals surface area contributed by atoms with E-state index in [2.05, 4.69) is 39.1 Å². The number of anilines is 3. The van der Waals surface area contributed by atoms with Gasteiger partial charge in [0.2, 0.25) is 5.91 Å². The molecule has 0 saturated carbocycles. The van der Waals surface area contributed by atoms with E-state index in [4.69, 9.17) is 4.74 Å². The molecule has 1 aromatic heterocycles. The zero-order chi connectivity index (χ0) is 30.8. The van der Waals surface area contributed by atoms with E-state index in [1.807, 2.05) is 30.3 Å². The van der Waals surface area contributed by atoms with E-state index >= 15 is 0 Å². The van der Waals surface area contributed by atoms with E-state index in [1.165, 1.54) is 4.90 Å². The number of aromatic amines is 1. The van der Waals surface area contributed by atoms with Crippen molar-refractivity contribution in [2.45, 2.75) is 20.3 Å². The van der Waals surface area contributed by atoms with Gasteiger partial charge < -0.3 is 25.2 Å². The maximum atomic E-state index is 13.4. The lowest BCUT2D eigenvalue weighted by molar-refractivity contribution is -0.120. The molecule has 224 valence electrons. The van der Waals surface area contributed by atoms with Crippen molar-refractivity contribution in [3.63, 3.8) is 0 Å². The maximum absolute atomic E-state index is 13.4. The van der Waals surface area contributed by atoms with Crippen molar-refractivity contribution in [1.82, 2.24) is 15.5 Å². The third-order valence-corrected chi connectivity index (χ3v) is 6.49.